The van der Waals surface area contributed by atoms with Crippen LogP contribution in [0.4, 0.5) is 4.79 Å². The Labute approximate surface area is 111 Å². The number of carbonyl (C=O) groups excluding carboxylic acids is 2. The first-order valence-corrected chi connectivity index (χ1v) is 6.59. The van der Waals surface area contributed by atoms with Gasteiger partial charge in [0.15, 0.2) is 0 Å². The summed E-state index contributed by atoms with van der Waals surface area (Å²) in [6, 6.07) is -0.414. The van der Waals surface area contributed by atoms with Crippen LogP contribution in [-0.4, -0.2) is 53.1 Å². The van der Waals surface area contributed by atoms with E-state index < -0.39 is 12.0 Å². The molecule has 3 amide bonds. The average molecular weight is 269 g/mol. The molecule has 2 saturated heterocycles. The van der Waals surface area contributed by atoms with Gasteiger partial charge in [-0.2, -0.15) is 0 Å². The highest BCUT2D eigenvalue weighted by atomic mass is 16.4. The number of nitrogens with one attached hydrogen (secondary N) is 2. The first kappa shape index (κ1) is 13.8. The number of nitrogens with zero attached hydrogens (tertiary/aromatic N) is 1. The van der Waals surface area contributed by atoms with E-state index in [0.717, 1.165) is 12.8 Å². The van der Waals surface area contributed by atoms with Crippen LogP contribution in [0.5, 0.6) is 0 Å². The first-order valence-electron chi connectivity index (χ1n) is 6.59. The summed E-state index contributed by atoms with van der Waals surface area (Å²) < 4.78 is 0. The molecule has 0 aromatic heterocycles. The van der Waals surface area contributed by atoms with Gasteiger partial charge in [-0.05, 0) is 26.2 Å². The van der Waals surface area contributed by atoms with Gasteiger partial charge in [0.2, 0.25) is 5.91 Å². The number of hydrogen-bond donors (Lipinski definition) is 3. The summed E-state index contributed by atoms with van der Waals surface area (Å²) in [7, 11) is 0. The molecule has 3 unspecified atom stereocenters. The minimum absolute atomic E-state index is 0.0671. The monoisotopic (exact) mass is 269 g/mol. The Kier molecular flexibility index (Phi) is 4.04. The molecule has 3 atom stereocenters. The van der Waals surface area contributed by atoms with Gasteiger partial charge in [-0.15, -0.1) is 0 Å². The molecule has 2 rings (SSSR count). The Morgan fingerprint density at radius 3 is 2.63 bits per heavy atom. The summed E-state index contributed by atoms with van der Waals surface area (Å²) in [5.41, 5.74) is 0. The first-order chi connectivity index (χ1) is 9.02. The van der Waals surface area contributed by atoms with Gasteiger partial charge < -0.3 is 10.4 Å². The average Bonchev–Trinajstić information content (AvgIpc) is 2.86. The molecular formula is C12H19N3O4. The Bertz CT molecular complexity index is 398. The van der Waals surface area contributed by atoms with E-state index in [-0.39, 0.29) is 30.5 Å². The second-order valence-electron chi connectivity index (χ2n) is 5.06. The summed E-state index contributed by atoms with van der Waals surface area (Å²) in [5, 5.41) is 13.8. The molecule has 106 valence electrons. The SMILES string of the molecule is CCNC(=O)NC(=O)CN1C2CCC1C(C(=O)O)C2. The molecule has 2 aliphatic heterocycles. The molecule has 2 fully saturated rings. The predicted molar refractivity (Wildman–Crippen MR) is 66.5 cm³/mol. The molecule has 2 aliphatic rings. The van der Waals surface area contributed by atoms with Gasteiger partial charge in [-0.1, -0.05) is 0 Å². The maximum Gasteiger partial charge on any atom is 0.321 e. The second kappa shape index (κ2) is 5.56. The lowest BCUT2D eigenvalue weighted by Crippen LogP contribution is -2.46. The number of carboxylic acids is 1. The lowest BCUT2D eigenvalue weighted by atomic mass is 9.89. The van der Waals surface area contributed by atoms with Crippen LogP contribution >= 0.6 is 0 Å². The Hall–Kier alpha value is -1.63. The van der Waals surface area contributed by atoms with E-state index in [1.54, 1.807) is 6.92 Å². The van der Waals surface area contributed by atoms with Crippen molar-refractivity contribution in [1.82, 2.24) is 15.5 Å². The van der Waals surface area contributed by atoms with Gasteiger partial charge in [-0.25, -0.2) is 4.79 Å². The number of urea groups is 1. The highest BCUT2D eigenvalue weighted by Gasteiger charge is 2.49. The minimum Gasteiger partial charge on any atom is -0.481 e. The number of imide groups is 1. The number of carbonyl (C=O) groups is 3. The molecule has 0 aromatic rings. The molecular weight excluding hydrogens is 250 g/mol. The third-order valence-corrected chi connectivity index (χ3v) is 3.91. The van der Waals surface area contributed by atoms with Crippen molar-refractivity contribution in [2.24, 2.45) is 5.92 Å². The lowest BCUT2D eigenvalue weighted by Gasteiger charge is -2.21. The van der Waals surface area contributed by atoms with Crippen molar-refractivity contribution in [3.63, 3.8) is 0 Å². The topological polar surface area (TPSA) is 98.7 Å². The van der Waals surface area contributed by atoms with E-state index in [0.29, 0.717) is 13.0 Å². The molecule has 2 bridgehead atoms. The van der Waals surface area contributed by atoms with Crippen LogP contribution in [0, 0.1) is 5.92 Å². The van der Waals surface area contributed by atoms with Crippen molar-refractivity contribution >= 4 is 17.9 Å². The lowest BCUT2D eigenvalue weighted by molar-refractivity contribution is -0.143. The van der Waals surface area contributed by atoms with Crippen LogP contribution in [-0.2, 0) is 9.59 Å². The van der Waals surface area contributed by atoms with Crippen LogP contribution in [0.2, 0.25) is 0 Å². The van der Waals surface area contributed by atoms with Gasteiger partial charge in [0, 0.05) is 18.6 Å². The number of carboxylic acid groups (broad SMARTS) is 1. The number of hydrogen-bond acceptors (Lipinski definition) is 4. The second-order valence-corrected chi connectivity index (χ2v) is 5.06. The van der Waals surface area contributed by atoms with Gasteiger partial charge in [-0.3, -0.25) is 19.8 Å². The fourth-order valence-electron chi connectivity index (χ4n) is 3.15. The minimum atomic E-state index is -0.790. The zero-order chi connectivity index (χ0) is 14.0. The standard InChI is InChI=1S/C12H19N3O4/c1-2-13-12(19)14-10(16)6-15-7-3-4-9(15)8(5-7)11(17)18/h7-9H,2-6H2,1H3,(H,17,18)(H2,13,14,16,19). The Morgan fingerprint density at radius 2 is 2.05 bits per heavy atom. The Balaban J connectivity index is 1.88. The molecule has 0 saturated carbocycles. The third kappa shape index (κ3) is 2.86. The van der Waals surface area contributed by atoms with Crippen LogP contribution in [0.1, 0.15) is 26.2 Å². The molecule has 0 spiro atoms. The zero-order valence-corrected chi connectivity index (χ0v) is 10.9. The van der Waals surface area contributed by atoms with Crippen molar-refractivity contribution in [2.75, 3.05) is 13.1 Å². The maximum atomic E-state index is 11.7. The van der Waals surface area contributed by atoms with Gasteiger partial charge in [0.1, 0.15) is 0 Å². The predicted octanol–water partition coefficient (Wildman–Crippen LogP) is -0.230. The largest absolute Gasteiger partial charge is 0.481 e. The van der Waals surface area contributed by atoms with E-state index >= 15 is 0 Å². The van der Waals surface area contributed by atoms with Crippen LogP contribution < -0.4 is 10.6 Å². The fraction of sp³-hybridized carbons (Fsp3) is 0.750. The molecule has 7 nitrogen and oxygen atoms in total. The molecule has 0 radical (unpaired) electrons. The molecule has 0 aliphatic carbocycles. The van der Waals surface area contributed by atoms with E-state index in [2.05, 4.69) is 10.6 Å². The number of fused-ring (bicyclic) bond motifs is 2. The number of rotatable bonds is 4. The van der Waals surface area contributed by atoms with Crippen molar-refractivity contribution < 1.29 is 19.5 Å². The fourth-order valence-corrected chi connectivity index (χ4v) is 3.15. The van der Waals surface area contributed by atoms with Crippen molar-refractivity contribution in [3.05, 3.63) is 0 Å². The summed E-state index contributed by atoms with van der Waals surface area (Å²) >= 11 is 0. The van der Waals surface area contributed by atoms with Crippen molar-refractivity contribution in [3.8, 4) is 0 Å². The number of aliphatic carboxylic acids is 1. The normalized spacial score (nSPS) is 29.2. The van der Waals surface area contributed by atoms with Gasteiger partial charge in [0.05, 0.1) is 12.5 Å². The van der Waals surface area contributed by atoms with Gasteiger partial charge in [0.25, 0.3) is 0 Å². The number of amides is 3. The van der Waals surface area contributed by atoms with Crippen molar-refractivity contribution in [2.45, 2.75) is 38.3 Å². The molecule has 2 heterocycles. The van der Waals surface area contributed by atoms with Crippen LogP contribution in [0.25, 0.3) is 0 Å². The highest BCUT2D eigenvalue weighted by Crippen LogP contribution is 2.41. The maximum absolute atomic E-state index is 11.7. The van der Waals surface area contributed by atoms with Gasteiger partial charge >= 0.3 is 12.0 Å². The highest BCUT2D eigenvalue weighted by molar-refractivity contribution is 5.95. The third-order valence-electron chi connectivity index (χ3n) is 3.91. The zero-order valence-electron chi connectivity index (χ0n) is 10.9. The molecule has 0 aromatic carbocycles. The molecule has 3 N–H and O–H groups in total. The Morgan fingerprint density at radius 1 is 1.32 bits per heavy atom. The van der Waals surface area contributed by atoms with E-state index in [4.69, 9.17) is 5.11 Å². The van der Waals surface area contributed by atoms with E-state index in [1.165, 1.54) is 0 Å². The molecule has 19 heavy (non-hydrogen) atoms. The summed E-state index contributed by atoms with van der Waals surface area (Å²) in [5.74, 6) is -1.55. The smallest absolute Gasteiger partial charge is 0.321 e. The van der Waals surface area contributed by atoms with Crippen LogP contribution in [0.15, 0.2) is 0 Å². The van der Waals surface area contributed by atoms with E-state index in [1.807, 2.05) is 4.90 Å². The summed E-state index contributed by atoms with van der Waals surface area (Å²) in [4.78, 5) is 36.0. The summed E-state index contributed by atoms with van der Waals surface area (Å²) in [6.07, 6.45) is 2.35. The molecule has 7 heteroatoms. The van der Waals surface area contributed by atoms with Crippen LogP contribution in [0.3, 0.4) is 0 Å². The van der Waals surface area contributed by atoms with E-state index in [9.17, 15) is 14.4 Å². The summed E-state index contributed by atoms with van der Waals surface area (Å²) in [6.45, 7) is 2.31. The van der Waals surface area contributed by atoms with Crippen molar-refractivity contribution in [1.29, 1.82) is 0 Å². The quantitative estimate of drug-likeness (QED) is 0.655.